The van der Waals surface area contributed by atoms with Crippen molar-refractivity contribution in [2.75, 3.05) is 12.8 Å². The molecular weight excluding hydrogens is 574 g/mol. The molecule has 0 bridgehead atoms. The molecule has 1 aliphatic heterocycles. The maximum atomic E-state index is 14.1. The van der Waals surface area contributed by atoms with Gasteiger partial charge in [-0.25, -0.2) is 14.2 Å². The number of aryl methyl sites for hydroxylation is 3. The van der Waals surface area contributed by atoms with Gasteiger partial charge in [0.25, 0.3) is 17.4 Å². The van der Waals surface area contributed by atoms with E-state index in [0.29, 0.717) is 34.5 Å². The number of nitrogens with zero attached hydrogens (tertiary/aromatic N) is 5. The third kappa shape index (κ3) is 4.70. The first-order chi connectivity index (χ1) is 19.0. The highest BCUT2D eigenvalue weighted by molar-refractivity contribution is 9.10. The fraction of sp³-hybridized carbons (Fsp3) is 0.276. The molecule has 1 atom stereocenters. The summed E-state index contributed by atoms with van der Waals surface area (Å²) in [5.41, 5.74) is 11.1. The van der Waals surface area contributed by atoms with Gasteiger partial charge in [-0.15, -0.1) is 0 Å². The highest BCUT2D eigenvalue weighted by atomic mass is 79.9. The van der Waals surface area contributed by atoms with E-state index in [1.54, 1.807) is 33.8 Å². The van der Waals surface area contributed by atoms with Gasteiger partial charge in [0.15, 0.2) is 0 Å². The van der Waals surface area contributed by atoms with Crippen LogP contribution in [0.25, 0.3) is 11.6 Å². The van der Waals surface area contributed by atoms with Gasteiger partial charge in [-0.2, -0.15) is 5.10 Å². The molecule has 5 rings (SSSR count). The first kappa shape index (κ1) is 27.3. The van der Waals surface area contributed by atoms with E-state index in [2.05, 4.69) is 26.3 Å². The van der Waals surface area contributed by atoms with Gasteiger partial charge in [-0.3, -0.25) is 14.4 Å². The largest absolute Gasteiger partial charge is 0.398 e. The minimum atomic E-state index is -0.321. The average molecular weight is 605 g/mol. The Bertz CT molecular complexity index is 1740. The first-order valence-corrected chi connectivity index (χ1v) is 13.7. The summed E-state index contributed by atoms with van der Waals surface area (Å²) >= 11 is 3.49. The van der Waals surface area contributed by atoms with Crippen LogP contribution in [0.15, 0.2) is 51.7 Å². The molecule has 1 unspecified atom stereocenters. The van der Waals surface area contributed by atoms with Crippen molar-refractivity contribution in [3.63, 3.8) is 0 Å². The average Bonchev–Trinajstić information content (AvgIpc) is 3.26. The molecule has 1 aliphatic rings. The fourth-order valence-corrected chi connectivity index (χ4v) is 5.35. The van der Waals surface area contributed by atoms with Gasteiger partial charge in [0.1, 0.15) is 0 Å². The number of carbonyl (C=O) groups is 2. The molecule has 0 saturated carbocycles. The number of benzene rings is 2. The number of carbonyl (C=O) groups excluding carboxylic acids is 2. The number of hydrogen-bond acceptors (Lipinski definition) is 6. The number of anilines is 1. The third-order valence-electron chi connectivity index (χ3n) is 7.23. The lowest BCUT2D eigenvalue weighted by atomic mass is 9.98. The number of nitrogens with two attached hydrogens (primary N) is 1. The normalized spacial score (nSPS) is 14.7. The SMILES string of the molecule is CNC(=O)c1ccc(-n2c(-n3nc(C)cc3C)nc3c(c2=O)CC(C)N(C(=O)c2ccc(Br)c(C)c2)C3)cc1N. The maximum Gasteiger partial charge on any atom is 0.263 e. The topological polar surface area (TPSA) is 128 Å². The van der Waals surface area contributed by atoms with Crippen molar-refractivity contribution in [3.05, 3.63) is 96.6 Å². The summed E-state index contributed by atoms with van der Waals surface area (Å²) in [5.74, 6) is -0.161. The molecule has 10 nitrogen and oxygen atoms in total. The Morgan fingerprint density at radius 1 is 1.10 bits per heavy atom. The Hall–Kier alpha value is -4.25. The second-order valence-corrected chi connectivity index (χ2v) is 11.0. The molecule has 206 valence electrons. The lowest BCUT2D eigenvalue weighted by molar-refractivity contribution is 0.0652. The lowest BCUT2D eigenvalue weighted by Crippen LogP contribution is -2.46. The van der Waals surface area contributed by atoms with E-state index < -0.39 is 0 Å². The van der Waals surface area contributed by atoms with Crippen LogP contribution >= 0.6 is 15.9 Å². The van der Waals surface area contributed by atoms with Crippen LogP contribution in [-0.2, 0) is 13.0 Å². The van der Waals surface area contributed by atoms with Crippen molar-refractivity contribution < 1.29 is 9.59 Å². The molecule has 4 aromatic rings. The highest BCUT2D eigenvalue weighted by Gasteiger charge is 2.32. The van der Waals surface area contributed by atoms with Crippen molar-refractivity contribution in [2.45, 2.75) is 46.7 Å². The third-order valence-corrected chi connectivity index (χ3v) is 8.12. The van der Waals surface area contributed by atoms with Crippen LogP contribution in [0.3, 0.4) is 0 Å². The zero-order chi connectivity index (χ0) is 28.9. The van der Waals surface area contributed by atoms with Gasteiger partial charge in [0, 0.05) is 40.1 Å². The van der Waals surface area contributed by atoms with Crippen LogP contribution in [-0.4, -0.2) is 49.1 Å². The van der Waals surface area contributed by atoms with Crippen molar-refractivity contribution >= 4 is 33.4 Å². The lowest BCUT2D eigenvalue weighted by Gasteiger charge is -2.34. The van der Waals surface area contributed by atoms with Gasteiger partial charge >= 0.3 is 0 Å². The summed E-state index contributed by atoms with van der Waals surface area (Å²) in [6.07, 6.45) is 0.339. The molecule has 0 saturated heterocycles. The molecule has 2 aromatic heterocycles. The van der Waals surface area contributed by atoms with Crippen molar-refractivity contribution in [2.24, 2.45) is 0 Å². The number of halogens is 1. The predicted octanol–water partition coefficient (Wildman–Crippen LogP) is 3.63. The Morgan fingerprint density at radius 2 is 1.85 bits per heavy atom. The van der Waals surface area contributed by atoms with Gasteiger partial charge in [0.2, 0.25) is 5.95 Å². The van der Waals surface area contributed by atoms with Crippen LogP contribution in [0.2, 0.25) is 0 Å². The number of rotatable bonds is 4. The second kappa shape index (κ2) is 10.4. The summed E-state index contributed by atoms with van der Waals surface area (Å²) in [4.78, 5) is 46.6. The van der Waals surface area contributed by atoms with E-state index in [-0.39, 0.29) is 41.6 Å². The van der Waals surface area contributed by atoms with Crippen LogP contribution < -0.4 is 16.6 Å². The summed E-state index contributed by atoms with van der Waals surface area (Å²) in [5, 5.41) is 7.16. The van der Waals surface area contributed by atoms with Crippen LogP contribution in [0.1, 0.15) is 55.8 Å². The standard InChI is InChI=1S/C29H30BrN7O3/c1-15-10-19(6-9-23(15)30)27(39)35-14-25-22(12-17(35)3)28(40)36(29(33-25)37-18(4)11-16(2)34-37)20-7-8-21(24(31)13-20)26(38)32-5/h6-11,13,17H,12,14,31H2,1-5H3,(H,32,38). The van der Waals surface area contributed by atoms with E-state index in [1.807, 2.05) is 45.9 Å². The van der Waals surface area contributed by atoms with E-state index >= 15 is 0 Å². The monoisotopic (exact) mass is 603 g/mol. The Morgan fingerprint density at radius 3 is 2.48 bits per heavy atom. The molecule has 0 radical (unpaired) electrons. The molecule has 0 fully saturated rings. The fourth-order valence-electron chi connectivity index (χ4n) is 5.10. The summed E-state index contributed by atoms with van der Waals surface area (Å²) in [6.45, 7) is 7.80. The van der Waals surface area contributed by atoms with Crippen LogP contribution in [0, 0.1) is 20.8 Å². The highest BCUT2D eigenvalue weighted by Crippen LogP contribution is 2.27. The van der Waals surface area contributed by atoms with E-state index in [9.17, 15) is 14.4 Å². The number of fused-ring (bicyclic) bond motifs is 1. The zero-order valence-electron chi connectivity index (χ0n) is 22.9. The van der Waals surface area contributed by atoms with Gasteiger partial charge in [-0.05, 0) is 82.1 Å². The molecule has 0 aliphatic carbocycles. The van der Waals surface area contributed by atoms with Crippen molar-refractivity contribution in [3.8, 4) is 11.6 Å². The Labute approximate surface area is 240 Å². The summed E-state index contributed by atoms with van der Waals surface area (Å²) in [6, 6.07) is 12.0. The number of nitrogen functional groups attached to an aromatic ring is 1. The Balaban J connectivity index is 1.66. The molecular formula is C29H30BrN7O3. The summed E-state index contributed by atoms with van der Waals surface area (Å²) < 4.78 is 4.02. The van der Waals surface area contributed by atoms with Gasteiger partial charge < -0.3 is 16.0 Å². The molecule has 40 heavy (non-hydrogen) atoms. The predicted molar refractivity (Wildman–Crippen MR) is 156 cm³/mol. The Kier molecular flexibility index (Phi) is 7.09. The first-order valence-electron chi connectivity index (χ1n) is 12.9. The van der Waals surface area contributed by atoms with Crippen molar-refractivity contribution in [1.82, 2.24) is 29.5 Å². The zero-order valence-corrected chi connectivity index (χ0v) is 24.5. The summed E-state index contributed by atoms with van der Waals surface area (Å²) in [7, 11) is 1.53. The number of nitrogens with one attached hydrogen (secondary N) is 1. The van der Waals surface area contributed by atoms with E-state index in [0.717, 1.165) is 21.4 Å². The van der Waals surface area contributed by atoms with Crippen LogP contribution in [0.5, 0.6) is 0 Å². The minimum Gasteiger partial charge on any atom is -0.398 e. The number of aromatic nitrogens is 4. The quantitative estimate of drug-likeness (QED) is 0.343. The molecule has 11 heteroatoms. The van der Waals surface area contributed by atoms with Crippen molar-refractivity contribution in [1.29, 1.82) is 0 Å². The minimum absolute atomic E-state index is 0.120. The molecule has 2 amide bonds. The molecule has 0 spiro atoms. The number of amides is 2. The second-order valence-electron chi connectivity index (χ2n) is 10.1. The van der Waals surface area contributed by atoms with Gasteiger partial charge in [-0.1, -0.05) is 15.9 Å². The number of hydrogen-bond donors (Lipinski definition) is 2. The van der Waals surface area contributed by atoms with E-state index in [1.165, 1.54) is 11.6 Å². The van der Waals surface area contributed by atoms with E-state index in [4.69, 9.17) is 10.7 Å². The molecule has 2 aromatic carbocycles. The molecule has 3 N–H and O–H groups in total. The maximum absolute atomic E-state index is 14.1. The molecule has 3 heterocycles. The van der Waals surface area contributed by atoms with Crippen LogP contribution in [0.4, 0.5) is 5.69 Å². The smallest absolute Gasteiger partial charge is 0.263 e. The van der Waals surface area contributed by atoms with Gasteiger partial charge in [0.05, 0.1) is 29.2 Å².